The number of aryl methyl sites for hydroxylation is 2. The molecule has 2 saturated heterocycles. The highest BCUT2D eigenvalue weighted by molar-refractivity contribution is 6.07. The normalized spacial score (nSPS) is 18.1. The predicted molar refractivity (Wildman–Crippen MR) is 131 cm³/mol. The molecule has 0 radical (unpaired) electrons. The fourth-order valence-electron chi connectivity index (χ4n) is 5.22. The number of carbonyl (C=O) groups excluding carboxylic acids is 2. The van der Waals surface area contributed by atoms with Gasteiger partial charge in [-0.1, -0.05) is 18.2 Å². The molecular formula is C27H35N3O4. The van der Waals surface area contributed by atoms with E-state index in [1.807, 2.05) is 31.2 Å². The van der Waals surface area contributed by atoms with E-state index in [0.717, 1.165) is 42.3 Å². The van der Waals surface area contributed by atoms with Crippen LogP contribution < -0.4 is 9.47 Å². The first-order chi connectivity index (χ1) is 16.3. The first-order valence-electron chi connectivity index (χ1n) is 11.9. The van der Waals surface area contributed by atoms with Crippen molar-refractivity contribution in [3.05, 3.63) is 58.7 Å². The van der Waals surface area contributed by atoms with E-state index in [0.29, 0.717) is 25.9 Å². The van der Waals surface area contributed by atoms with Crippen LogP contribution in [0.15, 0.2) is 36.4 Å². The van der Waals surface area contributed by atoms with E-state index in [1.165, 1.54) is 16.0 Å². The van der Waals surface area contributed by atoms with Crippen molar-refractivity contribution in [2.24, 2.45) is 0 Å². The Labute approximate surface area is 202 Å². The summed E-state index contributed by atoms with van der Waals surface area (Å²) in [7, 11) is 3.30. The van der Waals surface area contributed by atoms with Crippen molar-refractivity contribution >= 4 is 11.9 Å². The van der Waals surface area contributed by atoms with Crippen LogP contribution in [0.2, 0.25) is 0 Å². The Morgan fingerprint density at radius 3 is 2.06 bits per heavy atom. The molecule has 7 nitrogen and oxygen atoms in total. The third kappa shape index (κ3) is 4.37. The van der Waals surface area contributed by atoms with Crippen molar-refractivity contribution in [2.75, 3.05) is 33.9 Å². The molecule has 0 aromatic heterocycles. The lowest BCUT2D eigenvalue weighted by Crippen LogP contribution is -2.56. The standard InChI is InChI=1S/C27H35N3O4/c1-6-30-26(32)29(18-21-8-7-19(2)20(3)13-21)25(31)27(30)9-11-28(12-10-27)17-22-14-23(33-4)16-24(15-22)34-5/h7-8,13-16H,6,9-12,17-18H2,1-5H3. The number of likely N-dealkylation sites (tertiary alicyclic amines) is 1. The quantitative estimate of drug-likeness (QED) is 0.575. The number of piperidine rings is 1. The Bertz CT molecular complexity index is 1050. The molecule has 2 fully saturated rings. The molecule has 0 saturated carbocycles. The van der Waals surface area contributed by atoms with Crippen LogP contribution in [-0.2, 0) is 17.9 Å². The van der Waals surface area contributed by atoms with Crippen LogP contribution >= 0.6 is 0 Å². The molecule has 4 rings (SSSR count). The molecule has 0 unspecified atom stereocenters. The lowest BCUT2D eigenvalue weighted by molar-refractivity contribution is -0.136. The van der Waals surface area contributed by atoms with Gasteiger partial charge in [0.2, 0.25) is 0 Å². The smallest absolute Gasteiger partial charge is 0.327 e. The van der Waals surface area contributed by atoms with Crippen LogP contribution in [0.4, 0.5) is 4.79 Å². The van der Waals surface area contributed by atoms with Gasteiger partial charge in [0, 0.05) is 32.2 Å². The maximum Gasteiger partial charge on any atom is 0.327 e. The second-order valence-electron chi connectivity index (χ2n) is 9.37. The highest BCUT2D eigenvalue weighted by Crippen LogP contribution is 2.38. The molecule has 2 heterocycles. The van der Waals surface area contributed by atoms with Gasteiger partial charge in [-0.15, -0.1) is 0 Å². The van der Waals surface area contributed by atoms with Gasteiger partial charge in [-0.2, -0.15) is 0 Å². The number of hydrogen-bond donors (Lipinski definition) is 0. The number of benzene rings is 2. The number of rotatable bonds is 7. The van der Waals surface area contributed by atoms with Crippen molar-refractivity contribution in [3.8, 4) is 11.5 Å². The summed E-state index contributed by atoms with van der Waals surface area (Å²) in [4.78, 5) is 32.5. The number of urea groups is 1. The zero-order valence-corrected chi connectivity index (χ0v) is 20.9. The maximum absolute atomic E-state index is 13.7. The minimum Gasteiger partial charge on any atom is -0.497 e. The average molecular weight is 466 g/mol. The lowest BCUT2D eigenvalue weighted by atomic mass is 9.85. The largest absolute Gasteiger partial charge is 0.497 e. The molecule has 2 aliphatic heterocycles. The number of carbonyl (C=O) groups is 2. The summed E-state index contributed by atoms with van der Waals surface area (Å²) in [6, 6.07) is 11.9. The molecule has 182 valence electrons. The van der Waals surface area contributed by atoms with Gasteiger partial charge >= 0.3 is 6.03 Å². The SMILES string of the molecule is CCN1C(=O)N(Cc2ccc(C)c(C)c2)C(=O)C12CCN(Cc1cc(OC)cc(OC)c1)CC2. The summed E-state index contributed by atoms with van der Waals surface area (Å²) in [6.07, 6.45) is 1.27. The molecule has 0 bridgehead atoms. The summed E-state index contributed by atoms with van der Waals surface area (Å²) in [5.74, 6) is 1.47. The minimum atomic E-state index is -0.742. The number of nitrogens with zero attached hydrogens (tertiary/aromatic N) is 3. The number of imide groups is 1. The summed E-state index contributed by atoms with van der Waals surface area (Å²) in [6.45, 7) is 9.16. The average Bonchev–Trinajstić information content (AvgIpc) is 3.03. The van der Waals surface area contributed by atoms with Crippen molar-refractivity contribution in [3.63, 3.8) is 0 Å². The number of methoxy groups -OCH3 is 2. The maximum atomic E-state index is 13.7. The molecule has 2 aromatic carbocycles. The van der Waals surface area contributed by atoms with Gasteiger partial charge in [-0.25, -0.2) is 4.79 Å². The van der Waals surface area contributed by atoms with Crippen molar-refractivity contribution < 1.29 is 19.1 Å². The van der Waals surface area contributed by atoms with Crippen LogP contribution in [0.3, 0.4) is 0 Å². The number of likely N-dealkylation sites (N-methyl/N-ethyl adjacent to an activating group) is 1. The summed E-state index contributed by atoms with van der Waals surface area (Å²) in [5, 5.41) is 0. The number of ether oxygens (including phenoxy) is 2. The Kier molecular flexibility index (Phi) is 6.84. The van der Waals surface area contributed by atoms with E-state index in [2.05, 4.69) is 30.9 Å². The van der Waals surface area contributed by atoms with Crippen molar-refractivity contribution in [1.82, 2.24) is 14.7 Å². The molecular weight excluding hydrogens is 430 g/mol. The van der Waals surface area contributed by atoms with Crippen molar-refractivity contribution in [2.45, 2.75) is 52.2 Å². The van der Waals surface area contributed by atoms with E-state index in [9.17, 15) is 9.59 Å². The molecule has 1 spiro atoms. The van der Waals surface area contributed by atoms with E-state index in [1.54, 1.807) is 19.1 Å². The van der Waals surface area contributed by atoms with Gasteiger partial charge in [0.25, 0.3) is 5.91 Å². The second kappa shape index (κ2) is 9.66. The van der Waals surface area contributed by atoms with E-state index in [-0.39, 0.29) is 11.9 Å². The lowest BCUT2D eigenvalue weighted by Gasteiger charge is -2.42. The monoisotopic (exact) mass is 465 g/mol. The first-order valence-corrected chi connectivity index (χ1v) is 11.9. The third-order valence-corrected chi connectivity index (χ3v) is 7.35. The van der Waals surface area contributed by atoms with Gasteiger partial charge in [0.1, 0.15) is 17.0 Å². The zero-order chi connectivity index (χ0) is 24.5. The first kappa shape index (κ1) is 24.1. The van der Waals surface area contributed by atoms with E-state index in [4.69, 9.17) is 9.47 Å². The van der Waals surface area contributed by atoms with Crippen LogP contribution in [0.25, 0.3) is 0 Å². The van der Waals surface area contributed by atoms with E-state index < -0.39 is 5.54 Å². The third-order valence-electron chi connectivity index (χ3n) is 7.35. The Hall–Kier alpha value is -3.06. The van der Waals surface area contributed by atoms with Gasteiger partial charge in [-0.05, 0) is 68.0 Å². The molecule has 0 aliphatic carbocycles. The molecule has 2 aliphatic rings. The minimum absolute atomic E-state index is 0.0553. The van der Waals surface area contributed by atoms with Gasteiger partial charge in [-0.3, -0.25) is 14.6 Å². The van der Waals surface area contributed by atoms with Crippen LogP contribution in [0.5, 0.6) is 11.5 Å². The number of hydrogen-bond acceptors (Lipinski definition) is 5. The fraction of sp³-hybridized carbons (Fsp3) is 0.481. The summed E-state index contributed by atoms with van der Waals surface area (Å²) in [5.41, 5.74) is 3.72. The highest BCUT2D eigenvalue weighted by atomic mass is 16.5. The highest BCUT2D eigenvalue weighted by Gasteiger charge is 2.57. The van der Waals surface area contributed by atoms with Gasteiger partial charge in [0.05, 0.1) is 20.8 Å². The Balaban J connectivity index is 1.48. The van der Waals surface area contributed by atoms with Crippen LogP contribution in [-0.4, -0.2) is 66.0 Å². The Morgan fingerprint density at radius 1 is 0.853 bits per heavy atom. The molecule has 2 aromatic rings. The molecule has 34 heavy (non-hydrogen) atoms. The van der Waals surface area contributed by atoms with Crippen LogP contribution in [0, 0.1) is 13.8 Å². The zero-order valence-electron chi connectivity index (χ0n) is 20.9. The molecule has 0 atom stereocenters. The Morgan fingerprint density at radius 2 is 1.50 bits per heavy atom. The predicted octanol–water partition coefficient (Wildman–Crippen LogP) is 4.14. The van der Waals surface area contributed by atoms with Gasteiger partial charge in [0.15, 0.2) is 0 Å². The second-order valence-corrected chi connectivity index (χ2v) is 9.37. The molecule has 3 amide bonds. The van der Waals surface area contributed by atoms with Crippen LogP contribution in [0.1, 0.15) is 42.0 Å². The topological polar surface area (TPSA) is 62.3 Å². The number of amides is 3. The fourth-order valence-corrected chi connectivity index (χ4v) is 5.22. The van der Waals surface area contributed by atoms with Crippen molar-refractivity contribution in [1.29, 1.82) is 0 Å². The molecule has 0 N–H and O–H groups in total. The van der Waals surface area contributed by atoms with Gasteiger partial charge < -0.3 is 14.4 Å². The van der Waals surface area contributed by atoms with E-state index >= 15 is 0 Å². The summed E-state index contributed by atoms with van der Waals surface area (Å²) >= 11 is 0. The summed E-state index contributed by atoms with van der Waals surface area (Å²) < 4.78 is 10.8. The molecule has 7 heteroatoms.